The van der Waals surface area contributed by atoms with Gasteiger partial charge in [0.05, 0.1) is 12.9 Å². The van der Waals surface area contributed by atoms with Crippen LogP contribution in [-0.4, -0.2) is 50.3 Å². The zero-order valence-electron chi connectivity index (χ0n) is 20.5. The van der Waals surface area contributed by atoms with E-state index in [0.29, 0.717) is 13.1 Å². The van der Waals surface area contributed by atoms with Crippen LogP contribution < -0.4 is 10.2 Å². The van der Waals surface area contributed by atoms with Gasteiger partial charge in [-0.3, -0.25) is 14.4 Å². The first-order chi connectivity index (χ1) is 17.4. The Balaban J connectivity index is 1.29. The van der Waals surface area contributed by atoms with Crippen LogP contribution >= 0.6 is 0 Å². The lowest BCUT2D eigenvalue weighted by Gasteiger charge is -2.44. The van der Waals surface area contributed by atoms with Gasteiger partial charge in [-0.05, 0) is 50.3 Å². The van der Waals surface area contributed by atoms with Crippen molar-refractivity contribution >= 4 is 23.4 Å². The third-order valence-electron chi connectivity index (χ3n) is 7.58. The van der Waals surface area contributed by atoms with Crippen molar-refractivity contribution in [3.63, 3.8) is 0 Å². The first-order valence-electron chi connectivity index (χ1n) is 12.5. The molecule has 1 N–H and O–H groups in total. The largest absolute Gasteiger partial charge is 0.350 e. The number of hydrogen-bond acceptors (Lipinski definition) is 4. The molecule has 6 rings (SSSR count). The van der Waals surface area contributed by atoms with Gasteiger partial charge in [-0.2, -0.15) is 0 Å². The van der Waals surface area contributed by atoms with Gasteiger partial charge in [-0.1, -0.05) is 48.0 Å². The average molecular weight is 484 g/mol. The van der Waals surface area contributed by atoms with Gasteiger partial charge in [-0.15, -0.1) is 0 Å². The summed E-state index contributed by atoms with van der Waals surface area (Å²) in [6.07, 6.45) is 4.00. The Morgan fingerprint density at radius 1 is 1.11 bits per heavy atom. The molecule has 1 atom stereocenters. The maximum Gasteiger partial charge on any atom is 0.279 e. The molecule has 184 valence electrons. The van der Waals surface area contributed by atoms with Crippen molar-refractivity contribution in [2.45, 2.75) is 57.8 Å². The number of benzene rings is 2. The molecule has 2 aliphatic heterocycles. The van der Waals surface area contributed by atoms with Crippen molar-refractivity contribution in [3.05, 3.63) is 82.9 Å². The number of rotatable bonds is 5. The summed E-state index contributed by atoms with van der Waals surface area (Å²) in [4.78, 5) is 48.8. The molecule has 0 saturated heterocycles. The fourth-order valence-corrected chi connectivity index (χ4v) is 5.47. The minimum Gasteiger partial charge on any atom is -0.350 e. The fraction of sp³-hybridized carbons (Fsp3) is 0.357. The molecular formula is C28H29N5O3. The molecule has 3 amide bonds. The van der Waals surface area contributed by atoms with E-state index >= 15 is 0 Å². The van der Waals surface area contributed by atoms with Crippen LogP contribution in [0.15, 0.2) is 54.9 Å². The first kappa shape index (κ1) is 22.5. The van der Waals surface area contributed by atoms with Gasteiger partial charge in [0.15, 0.2) is 5.69 Å². The van der Waals surface area contributed by atoms with E-state index in [1.807, 2.05) is 62.4 Å². The summed E-state index contributed by atoms with van der Waals surface area (Å²) in [5.41, 5.74) is 3.50. The summed E-state index contributed by atoms with van der Waals surface area (Å²) in [6.45, 7) is 5.03. The molecule has 3 aromatic rings. The van der Waals surface area contributed by atoms with Crippen LogP contribution in [0.2, 0.25) is 0 Å². The molecule has 36 heavy (non-hydrogen) atoms. The summed E-state index contributed by atoms with van der Waals surface area (Å²) in [5.74, 6) is -0.778. The van der Waals surface area contributed by atoms with E-state index in [1.54, 1.807) is 14.4 Å². The molecule has 3 aliphatic rings. The van der Waals surface area contributed by atoms with E-state index in [4.69, 9.17) is 0 Å². The molecule has 1 aliphatic carbocycles. The summed E-state index contributed by atoms with van der Waals surface area (Å²) >= 11 is 0. The highest BCUT2D eigenvalue weighted by molar-refractivity contribution is 6.13. The minimum atomic E-state index is -1.07. The third-order valence-corrected chi connectivity index (χ3v) is 7.58. The van der Waals surface area contributed by atoms with Gasteiger partial charge in [0.2, 0.25) is 5.91 Å². The number of aryl methyl sites for hydroxylation is 1. The van der Waals surface area contributed by atoms with Crippen molar-refractivity contribution in [2.75, 3.05) is 11.4 Å². The van der Waals surface area contributed by atoms with E-state index in [2.05, 4.69) is 10.3 Å². The van der Waals surface area contributed by atoms with Gasteiger partial charge in [0.1, 0.15) is 11.2 Å². The van der Waals surface area contributed by atoms with E-state index in [-0.39, 0.29) is 41.7 Å². The van der Waals surface area contributed by atoms with E-state index in [0.717, 1.165) is 41.6 Å². The number of nitrogens with one attached hydrogen (secondary N) is 1. The van der Waals surface area contributed by atoms with Gasteiger partial charge in [-0.25, -0.2) is 4.98 Å². The molecule has 2 aromatic carbocycles. The number of carbonyl (C=O) groups is 3. The average Bonchev–Trinajstić information content (AvgIpc) is 3.45. The van der Waals surface area contributed by atoms with Crippen molar-refractivity contribution in [1.29, 1.82) is 0 Å². The second kappa shape index (κ2) is 8.33. The molecule has 0 radical (unpaired) electrons. The lowest BCUT2D eigenvalue weighted by Crippen LogP contribution is -2.64. The molecule has 8 heteroatoms. The Bertz CT molecular complexity index is 1370. The predicted octanol–water partition coefficient (Wildman–Crippen LogP) is 3.09. The third kappa shape index (κ3) is 3.59. The number of nitrogens with zero attached hydrogens (tertiary/aromatic N) is 4. The summed E-state index contributed by atoms with van der Waals surface area (Å²) in [7, 11) is 0. The molecule has 1 saturated carbocycles. The van der Waals surface area contributed by atoms with Crippen LogP contribution in [0.4, 0.5) is 5.69 Å². The normalized spacial score (nSPS) is 20.8. The fourth-order valence-electron chi connectivity index (χ4n) is 5.47. The van der Waals surface area contributed by atoms with E-state index in [1.165, 1.54) is 6.33 Å². The maximum atomic E-state index is 13.9. The van der Waals surface area contributed by atoms with Crippen LogP contribution in [0, 0.1) is 6.92 Å². The highest BCUT2D eigenvalue weighted by Gasteiger charge is 2.54. The number of para-hydroxylation sites is 1. The van der Waals surface area contributed by atoms with Crippen LogP contribution in [0.25, 0.3) is 0 Å². The zero-order valence-corrected chi connectivity index (χ0v) is 20.5. The molecular weight excluding hydrogens is 454 g/mol. The Kier molecular flexibility index (Phi) is 5.21. The van der Waals surface area contributed by atoms with Crippen molar-refractivity contribution in [2.24, 2.45) is 0 Å². The molecule has 0 spiro atoms. The number of anilines is 1. The van der Waals surface area contributed by atoms with Crippen LogP contribution in [0.5, 0.6) is 0 Å². The van der Waals surface area contributed by atoms with Gasteiger partial charge in [0, 0.05) is 24.8 Å². The number of hydrogen-bond donors (Lipinski definition) is 1. The molecule has 1 unspecified atom stereocenters. The number of amides is 3. The summed E-state index contributed by atoms with van der Waals surface area (Å²) in [5, 5.41) is 3.04. The molecule has 3 heterocycles. The zero-order chi connectivity index (χ0) is 25.0. The monoisotopic (exact) mass is 483 g/mol. The van der Waals surface area contributed by atoms with Crippen LogP contribution in [0.3, 0.4) is 0 Å². The molecule has 8 nitrogen and oxygen atoms in total. The molecule has 1 fully saturated rings. The van der Waals surface area contributed by atoms with E-state index < -0.39 is 5.54 Å². The smallest absolute Gasteiger partial charge is 0.279 e. The quantitative estimate of drug-likeness (QED) is 0.604. The molecule has 0 bridgehead atoms. The number of carbonyl (C=O) groups excluding carboxylic acids is 3. The molecule has 1 aromatic heterocycles. The minimum absolute atomic E-state index is 0.00765. The number of fused-ring (bicyclic) bond motifs is 2. The number of imidazole rings is 1. The Hall–Kier alpha value is -3.94. The predicted molar refractivity (Wildman–Crippen MR) is 135 cm³/mol. The lowest BCUT2D eigenvalue weighted by molar-refractivity contribution is -0.133. The van der Waals surface area contributed by atoms with Gasteiger partial charge < -0.3 is 19.7 Å². The standard InChI is InChI=1S/C28H29N5O3/c1-18-7-9-19(10-8-18)15-29-27(36)28(2)16-31-17-30-23(24(31)26(35)33(28)21-11-12-21)25(34)32-14-13-20-5-3-4-6-22(20)32/h3-10,17,21H,11-16H2,1-2H3,(H,29,36). The van der Waals surface area contributed by atoms with Crippen LogP contribution in [0.1, 0.15) is 57.4 Å². The summed E-state index contributed by atoms with van der Waals surface area (Å²) in [6, 6.07) is 15.8. The second-order valence-corrected chi connectivity index (χ2v) is 10.3. The topological polar surface area (TPSA) is 87.5 Å². The van der Waals surface area contributed by atoms with E-state index in [9.17, 15) is 14.4 Å². The highest BCUT2D eigenvalue weighted by atomic mass is 16.2. The van der Waals surface area contributed by atoms with Crippen molar-refractivity contribution in [1.82, 2.24) is 19.8 Å². The Morgan fingerprint density at radius 2 is 1.86 bits per heavy atom. The SMILES string of the molecule is Cc1ccc(CNC(=O)C2(C)Cn3cnc(C(=O)N4CCc5ccccc54)c3C(=O)N2C2CC2)cc1. The highest BCUT2D eigenvalue weighted by Crippen LogP contribution is 2.39. The van der Waals surface area contributed by atoms with Gasteiger partial charge in [0.25, 0.3) is 11.8 Å². The second-order valence-electron chi connectivity index (χ2n) is 10.3. The number of aromatic nitrogens is 2. The summed E-state index contributed by atoms with van der Waals surface area (Å²) < 4.78 is 1.68. The Morgan fingerprint density at radius 3 is 2.61 bits per heavy atom. The lowest BCUT2D eigenvalue weighted by atomic mass is 9.93. The Labute approximate surface area is 209 Å². The van der Waals surface area contributed by atoms with Crippen molar-refractivity contribution in [3.8, 4) is 0 Å². The van der Waals surface area contributed by atoms with Crippen LogP contribution in [-0.2, 0) is 24.3 Å². The first-order valence-corrected chi connectivity index (χ1v) is 12.5. The maximum absolute atomic E-state index is 13.9. The van der Waals surface area contributed by atoms with Gasteiger partial charge >= 0.3 is 0 Å². The van der Waals surface area contributed by atoms with Crippen molar-refractivity contribution < 1.29 is 14.4 Å².